The molecule has 0 aliphatic rings. The van der Waals surface area contributed by atoms with E-state index in [0.717, 1.165) is 31.8 Å². The zero-order valence-electron chi connectivity index (χ0n) is 11.7. The molecule has 0 fully saturated rings. The Labute approximate surface area is 118 Å². The van der Waals surface area contributed by atoms with Gasteiger partial charge in [-0.05, 0) is 44.3 Å². The maximum atomic E-state index is 13.0. The predicted octanol–water partition coefficient (Wildman–Crippen LogP) is 1.97. The van der Waals surface area contributed by atoms with Crippen molar-refractivity contribution in [1.29, 1.82) is 0 Å². The third-order valence-electron chi connectivity index (χ3n) is 3.04. The van der Waals surface area contributed by atoms with Crippen molar-refractivity contribution < 1.29 is 17.2 Å². The maximum Gasteiger partial charge on any atom is 0.240 e. The summed E-state index contributed by atoms with van der Waals surface area (Å²) in [4.78, 5) is 1.91. The molecule has 0 aromatic heterocycles. The van der Waals surface area contributed by atoms with Crippen molar-refractivity contribution in [3.8, 4) is 0 Å². The lowest BCUT2D eigenvalue weighted by Crippen LogP contribution is -2.30. The Kier molecular flexibility index (Phi) is 6.51. The van der Waals surface area contributed by atoms with Gasteiger partial charge < -0.3 is 4.90 Å². The van der Waals surface area contributed by atoms with Gasteiger partial charge in [0.25, 0.3) is 0 Å². The average molecular weight is 306 g/mol. The van der Waals surface area contributed by atoms with Crippen molar-refractivity contribution in [3.05, 3.63) is 29.8 Å². The molecule has 0 bridgehead atoms. The number of hydrogen-bond acceptors (Lipinski definition) is 3. The SMILES string of the molecule is CCN(CC)CCCNS(=O)(=O)c1ccc(F)c(F)c1. The highest BCUT2D eigenvalue weighted by Gasteiger charge is 2.15. The number of rotatable bonds is 8. The molecular weight excluding hydrogens is 286 g/mol. The molecule has 4 nitrogen and oxygen atoms in total. The zero-order chi connectivity index (χ0) is 15.2. The second-order valence-corrected chi connectivity index (χ2v) is 6.12. The quantitative estimate of drug-likeness (QED) is 0.747. The summed E-state index contributed by atoms with van der Waals surface area (Å²) in [5.41, 5.74) is 0. The Hall–Kier alpha value is -1.05. The number of hydrogen-bond donors (Lipinski definition) is 1. The fourth-order valence-electron chi connectivity index (χ4n) is 1.78. The number of benzene rings is 1. The molecule has 1 aromatic rings. The number of nitrogens with zero attached hydrogens (tertiary/aromatic N) is 1. The molecule has 7 heteroatoms. The standard InChI is InChI=1S/C13H20F2N2O2S/c1-3-17(4-2)9-5-8-16-20(18,19)11-6-7-12(14)13(15)10-11/h6-7,10,16H,3-5,8-9H2,1-2H3. The maximum absolute atomic E-state index is 13.0. The molecule has 0 saturated carbocycles. The van der Waals surface area contributed by atoms with Crippen LogP contribution in [0.15, 0.2) is 23.1 Å². The lowest BCUT2D eigenvalue weighted by atomic mass is 10.3. The van der Waals surface area contributed by atoms with Crippen LogP contribution >= 0.6 is 0 Å². The van der Waals surface area contributed by atoms with Crippen molar-refractivity contribution in [2.75, 3.05) is 26.2 Å². The Balaban J connectivity index is 2.55. The molecule has 114 valence electrons. The van der Waals surface area contributed by atoms with Crippen LogP contribution in [0.3, 0.4) is 0 Å². The summed E-state index contributed by atoms with van der Waals surface area (Å²) in [6.07, 6.45) is 0.657. The molecule has 1 rings (SSSR count). The van der Waals surface area contributed by atoms with Gasteiger partial charge in [-0.15, -0.1) is 0 Å². The summed E-state index contributed by atoms with van der Waals surface area (Å²) in [6.45, 7) is 6.94. The van der Waals surface area contributed by atoms with Crippen LogP contribution in [0.1, 0.15) is 20.3 Å². The van der Waals surface area contributed by atoms with Crippen molar-refractivity contribution in [1.82, 2.24) is 9.62 Å². The second-order valence-electron chi connectivity index (χ2n) is 4.35. The minimum atomic E-state index is -3.79. The van der Waals surface area contributed by atoms with E-state index in [1.165, 1.54) is 0 Å². The van der Waals surface area contributed by atoms with Crippen molar-refractivity contribution >= 4 is 10.0 Å². The predicted molar refractivity (Wildman–Crippen MR) is 74.0 cm³/mol. The van der Waals surface area contributed by atoms with E-state index < -0.39 is 21.7 Å². The molecular formula is C13H20F2N2O2S. The van der Waals surface area contributed by atoms with Gasteiger partial charge in [-0.2, -0.15) is 0 Å². The monoisotopic (exact) mass is 306 g/mol. The van der Waals surface area contributed by atoms with Gasteiger partial charge in [0.15, 0.2) is 11.6 Å². The van der Waals surface area contributed by atoms with E-state index >= 15 is 0 Å². The Morgan fingerprint density at radius 3 is 2.35 bits per heavy atom. The van der Waals surface area contributed by atoms with Crippen LogP contribution in [0.4, 0.5) is 8.78 Å². The molecule has 1 aromatic carbocycles. The van der Waals surface area contributed by atoms with E-state index in [1.807, 2.05) is 13.8 Å². The fourth-order valence-corrected chi connectivity index (χ4v) is 2.86. The molecule has 0 radical (unpaired) electrons. The number of sulfonamides is 1. The Morgan fingerprint density at radius 1 is 1.15 bits per heavy atom. The molecule has 0 atom stereocenters. The highest BCUT2D eigenvalue weighted by atomic mass is 32.2. The van der Waals surface area contributed by atoms with Gasteiger partial charge in [0.05, 0.1) is 4.90 Å². The molecule has 0 spiro atoms. The molecule has 20 heavy (non-hydrogen) atoms. The number of halogens is 2. The smallest absolute Gasteiger partial charge is 0.240 e. The first-order valence-corrected chi connectivity index (χ1v) is 8.06. The molecule has 0 saturated heterocycles. The first kappa shape index (κ1) is 17.0. The Morgan fingerprint density at radius 2 is 1.80 bits per heavy atom. The van der Waals surface area contributed by atoms with E-state index in [9.17, 15) is 17.2 Å². The van der Waals surface area contributed by atoms with Gasteiger partial charge in [0, 0.05) is 6.54 Å². The normalized spacial score (nSPS) is 12.1. The fraction of sp³-hybridized carbons (Fsp3) is 0.538. The molecule has 0 aliphatic carbocycles. The molecule has 0 unspecified atom stereocenters. The minimum absolute atomic E-state index is 0.262. The highest BCUT2D eigenvalue weighted by molar-refractivity contribution is 7.89. The molecule has 0 heterocycles. The first-order valence-electron chi connectivity index (χ1n) is 6.57. The van der Waals surface area contributed by atoms with Crippen molar-refractivity contribution in [2.24, 2.45) is 0 Å². The summed E-state index contributed by atoms with van der Waals surface area (Å²) in [7, 11) is -3.79. The summed E-state index contributed by atoms with van der Waals surface area (Å²) < 4.78 is 51.9. The van der Waals surface area contributed by atoms with Crippen LogP contribution in [0.25, 0.3) is 0 Å². The van der Waals surface area contributed by atoms with Crippen molar-refractivity contribution in [3.63, 3.8) is 0 Å². The van der Waals surface area contributed by atoms with Gasteiger partial charge in [0.2, 0.25) is 10.0 Å². The van der Waals surface area contributed by atoms with E-state index in [4.69, 9.17) is 0 Å². The second kappa shape index (κ2) is 7.66. The Bertz CT molecular complexity index is 531. The number of nitrogens with one attached hydrogen (secondary N) is 1. The zero-order valence-corrected chi connectivity index (χ0v) is 12.5. The summed E-state index contributed by atoms with van der Waals surface area (Å²) in [6, 6.07) is 2.53. The minimum Gasteiger partial charge on any atom is -0.304 e. The molecule has 0 amide bonds. The molecule has 1 N–H and O–H groups in total. The van der Waals surface area contributed by atoms with Crippen LogP contribution in [-0.4, -0.2) is 39.5 Å². The van der Waals surface area contributed by atoms with Gasteiger partial charge >= 0.3 is 0 Å². The third kappa shape index (κ3) is 4.81. The molecule has 0 aliphatic heterocycles. The van der Waals surface area contributed by atoms with Crippen LogP contribution in [0, 0.1) is 11.6 Å². The third-order valence-corrected chi connectivity index (χ3v) is 4.50. The summed E-state index contributed by atoms with van der Waals surface area (Å²) in [5.74, 6) is -2.23. The van der Waals surface area contributed by atoms with Gasteiger partial charge in [-0.1, -0.05) is 13.8 Å². The van der Waals surface area contributed by atoms with Gasteiger partial charge in [-0.25, -0.2) is 21.9 Å². The average Bonchev–Trinajstić information content (AvgIpc) is 2.42. The largest absolute Gasteiger partial charge is 0.304 e. The van der Waals surface area contributed by atoms with Crippen LogP contribution in [0.2, 0.25) is 0 Å². The van der Waals surface area contributed by atoms with E-state index in [-0.39, 0.29) is 11.4 Å². The van der Waals surface area contributed by atoms with Crippen molar-refractivity contribution in [2.45, 2.75) is 25.2 Å². The van der Waals surface area contributed by atoms with E-state index in [1.54, 1.807) is 0 Å². The lowest BCUT2D eigenvalue weighted by Gasteiger charge is -2.17. The topological polar surface area (TPSA) is 49.4 Å². The van der Waals surface area contributed by atoms with E-state index in [2.05, 4.69) is 9.62 Å². The summed E-state index contributed by atoms with van der Waals surface area (Å²) >= 11 is 0. The van der Waals surface area contributed by atoms with Crippen LogP contribution in [-0.2, 0) is 10.0 Å². The first-order chi connectivity index (χ1) is 9.40. The summed E-state index contributed by atoms with van der Waals surface area (Å²) in [5, 5.41) is 0. The van der Waals surface area contributed by atoms with Crippen LogP contribution < -0.4 is 4.72 Å². The van der Waals surface area contributed by atoms with Gasteiger partial charge in [0.1, 0.15) is 0 Å². The lowest BCUT2D eigenvalue weighted by molar-refractivity contribution is 0.300. The highest BCUT2D eigenvalue weighted by Crippen LogP contribution is 2.13. The van der Waals surface area contributed by atoms with Gasteiger partial charge in [-0.3, -0.25) is 0 Å². The van der Waals surface area contributed by atoms with E-state index in [0.29, 0.717) is 12.5 Å². The van der Waals surface area contributed by atoms with Crippen LogP contribution in [0.5, 0.6) is 0 Å².